The Kier molecular flexibility index (Phi) is 1.91. The topological polar surface area (TPSA) is 63.7 Å². The molecule has 0 amide bonds. The van der Waals surface area contributed by atoms with E-state index in [-0.39, 0.29) is 6.01 Å². The van der Waals surface area contributed by atoms with E-state index < -0.39 is 0 Å². The van der Waals surface area contributed by atoms with E-state index in [9.17, 15) is 0 Å². The van der Waals surface area contributed by atoms with Crippen LogP contribution in [0.15, 0.2) is 24.3 Å². The lowest BCUT2D eigenvalue weighted by molar-refractivity contribution is 0.439. The second-order valence-electron chi connectivity index (χ2n) is 2.56. The van der Waals surface area contributed by atoms with Crippen molar-refractivity contribution in [3.63, 3.8) is 0 Å². The Bertz CT molecular complexity index is 385. The molecule has 1 N–H and O–H groups in total. The Morgan fingerprint density at radius 1 is 1.31 bits per heavy atom. The van der Waals surface area contributed by atoms with E-state index in [1.165, 1.54) is 0 Å². The van der Waals surface area contributed by atoms with Crippen molar-refractivity contribution in [3.05, 3.63) is 29.8 Å². The summed E-state index contributed by atoms with van der Waals surface area (Å²) in [6.45, 7) is 1.95. The highest BCUT2D eigenvalue weighted by atomic mass is 16.5. The molecular formula is C8H8N4O. The van der Waals surface area contributed by atoms with Gasteiger partial charge in [0.25, 0.3) is 0 Å². The Balaban J connectivity index is 2.24. The minimum Gasteiger partial charge on any atom is -0.422 e. The number of tetrazole rings is 1. The molecule has 0 aliphatic heterocycles. The fraction of sp³-hybridized carbons (Fsp3) is 0.125. The van der Waals surface area contributed by atoms with Crippen LogP contribution >= 0.6 is 0 Å². The van der Waals surface area contributed by atoms with Crippen molar-refractivity contribution in [2.24, 2.45) is 0 Å². The second-order valence-corrected chi connectivity index (χ2v) is 2.56. The van der Waals surface area contributed by atoms with Gasteiger partial charge in [0.2, 0.25) is 0 Å². The minimum atomic E-state index is 0.231. The number of aromatic nitrogens is 4. The molecule has 1 aromatic carbocycles. The molecule has 66 valence electrons. The van der Waals surface area contributed by atoms with Crippen LogP contribution in [0, 0.1) is 6.92 Å². The summed E-state index contributed by atoms with van der Waals surface area (Å²) < 4.78 is 5.33. The third-order valence-electron chi connectivity index (χ3n) is 1.62. The maximum Gasteiger partial charge on any atom is 0.361 e. The molecule has 2 aromatic rings. The zero-order chi connectivity index (χ0) is 9.10. The molecular weight excluding hydrogens is 168 g/mol. The number of nitrogens with one attached hydrogen (secondary N) is 1. The van der Waals surface area contributed by atoms with E-state index in [0.717, 1.165) is 11.3 Å². The minimum absolute atomic E-state index is 0.231. The highest BCUT2D eigenvalue weighted by Gasteiger charge is 2.02. The van der Waals surface area contributed by atoms with Gasteiger partial charge in [-0.1, -0.05) is 28.4 Å². The van der Waals surface area contributed by atoms with Crippen molar-refractivity contribution in [1.82, 2.24) is 20.6 Å². The summed E-state index contributed by atoms with van der Waals surface area (Å²) in [7, 11) is 0. The van der Waals surface area contributed by atoms with Gasteiger partial charge < -0.3 is 4.74 Å². The van der Waals surface area contributed by atoms with Crippen molar-refractivity contribution in [2.75, 3.05) is 0 Å². The molecule has 0 radical (unpaired) electrons. The normalized spacial score (nSPS) is 9.92. The highest BCUT2D eigenvalue weighted by molar-refractivity contribution is 5.33. The van der Waals surface area contributed by atoms with Crippen LogP contribution in [0.4, 0.5) is 0 Å². The maximum atomic E-state index is 5.33. The molecule has 0 atom stereocenters. The van der Waals surface area contributed by atoms with Gasteiger partial charge in [0.15, 0.2) is 0 Å². The SMILES string of the molecule is Cc1ccccc1Oc1nn[nH]n1. The molecule has 0 saturated heterocycles. The first-order valence-corrected chi connectivity index (χ1v) is 3.83. The van der Waals surface area contributed by atoms with Gasteiger partial charge in [0.1, 0.15) is 5.75 Å². The third kappa shape index (κ3) is 1.64. The third-order valence-corrected chi connectivity index (χ3v) is 1.62. The first-order chi connectivity index (χ1) is 6.36. The Hall–Kier alpha value is -1.91. The van der Waals surface area contributed by atoms with E-state index >= 15 is 0 Å². The summed E-state index contributed by atoms with van der Waals surface area (Å²) in [5, 5.41) is 13.1. The van der Waals surface area contributed by atoms with Crippen LogP contribution in [-0.4, -0.2) is 20.6 Å². The average molecular weight is 176 g/mol. The molecule has 0 saturated carbocycles. The van der Waals surface area contributed by atoms with Crippen LogP contribution in [0.25, 0.3) is 0 Å². The lowest BCUT2D eigenvalue weighted by atomic mass is 10.2. The van der Waals surface area contributed by atoms with E-state index in [0.29, 0.717) is 0 Å². The monoisotopic (exact) mass is 176 g/mol. The molecule has 13 heavy (non-hydrogen) atoms. The van der Waals surface area contributed by atoms with Crippen molar-refractivity contribution in [3.8, 4) is 11.8 Å². The van der Waals surface area contributed by atoms with Crippen molar-refractivity contribution < 1.29 is 4.74 Å². The van der Waals surface area contributed by atoms with Gasteiger partial charge in [-0.05, 0) is 23.8 Å². The summed E-state index contributed by atoms with van der Waals surface area (Å²) >= 11 is 0. The van der Waals surface area contributed by atoms with Gasteiger partial charge in [0.05, 0.1) is 0 Å². The van der Waals surface area contributed by atoms with Gasteiger partial charge in [-0.15, -0.1) is 0 Å². The lowest BCUT2D eigenvalue weighted by Gasteiger charge is -2.02. The molecule has 5 heteroatoms. The zero-order valence-electron chi connectivity index (χ0n) is 7.06. The number of ether oxygens (including phenoxy) is 1. The molecule has 1 heterocycles. The summed E-state index contributed by atoms with van der Waals surface area (Å²) in [6.07, 6.45) is 0. The zero-order valence-corrected chi connectivity index (χ0v) is 7.06. The van der Waals surface area contributed by atoms with Gasteiger partial charge in [-0.25, -0.2) is 0 Å². The quantitative estimate of drug-likeness (QED) is 0.749. The van der Waals surface area contributed by atoms with Crippen molar-refractivity contribution in [2.45, 2.75) is 6.92 Å². The van der Waals surface area contributed by atoms with Crippen molar-refractivity contribution >= 4 is 0 Å². The van der Waals surface area contributed by atoms with E-state index in [2.05, 4.69) is 20.6 Å². The van der Waals surface area contributed by atoms with Crippen LogP contribution in [0.5, 0.6) is 11.8 Å². The Morgan fingerprint density at radius 2 is 2.15 bits per heavy atom. The largest absolute Gasteiger partial charge is 0.422 e. The van der Waals surface area contributed by atoms with Gasteiger partial charge in [-0.2, -0.15) is 5.21 Å². The molecule has 2 rings (SSSR count). The number of aromatic amines is 1. The molecule has 0 unspecified atom stereocenters. The number of aryl methyl sites for hydroxylation is 1. The number of nitrogens with zero attached hydrogens (tertiary/aromatic N) is 3. The summed E-state index contributed by atoms with van der Waals surface area (Å²) in [4.78, 5) is 0. The molecule has 0 aliphatic rings. The standard InChI is InChI=1S/C8H8N4O/c1-6-4-2-3-5-7(6)13-8-9-11-12-10-8/h2-5H,1H3,(H,9,10,11,12). The first-order valence-electron chi connectivity index (χ1n) is 3.83. The second kappa shape index (κ2) is 3.22. The van der Waals surface area contributed by atoms with Crippen LogP contribution < -0.4 is 4.74 Å². The van der Waals surface area contributed by atoms with Crippen LogP contribution in [-0.2, 0) is 0 Å². The highest BCUT2D eigenvalue weighted by Crippen LogP contribution is 2.20. The smallest absolute Gasteiger partial charge is 0.361 e. The maximum absolute atomic E-state index is 5.33. The van der Waals surface area contributed by atoms with E-state index in [1.54, 1.807) is 0 Å². The summed E-state index contributed by atoms with van der Waals surface area (Å²) in [5.41, 5.74) is 1.03. The van der Waals surface area contributed by atoms with Crippen LogP contribution in [0.3, 0.4) is 0 Å². The average Bonchev–Trinajstić information content (AvgIpc) is 2.61. The molecule has 0 bridgehead atoms. The van der Waals surface area contributed by atoms with Crippen molar-refractivity contribution in [1.29, 1.82) is 0 Å². The number of hydrogen-bond donors (Lipinski definition) is 1. The fourth-order valence-electron chi connectivity index (χ4n) is 0.965. The lowest BCUT2D eigenvalue weighted by Crippen LogP contribution is -1.88. The van der Waals surface area contributed by atoms with Crippen LogP contribution in [0.1, 0.15) is 5.56 Å². The predicted molar refractivity (Wildman–Crippen MR) is 45.4 cm³/mol. The van der Waals surface area contributed by atoms with Gasteiger partial charge in [0, 0.05) is 0 Å². The molecule has 0 aliphatic carbocycles. The fourth-order valence-corrected chi connectivity index (χ4v) is 0.965. The van der Waals surface area contributed by atoms with E-state index in [1.807, 2.05) is 31.2 Å². The number of hydrogen-bond acceptors (Lipinski definition) is 4. The Morgan fingerprint density at radius 3 is 2.85 bits per heavy atom. The molecule has 1 aromatic heterocycles. The number of H-pyrrole nitrogens is 1. The van der Waals surface area contributed by atoms with Crippen LogP contribution in [0.2, 0.25) is 0 Å². The first kappa shape index (κ1) is 7.72. The Labute approximate surface area is 74.7 Å². The molecule has 0 fully saturated rings. The predicted octanol–water partition coefficient (Wildman–Crippen LogP) is 1.30. The number of rotatable bonds is 2. The number of benzene rings is 1. The number of para-hydroxylation sites is 1. The molecule has 5 nitrogen and oxygen atoms in total. The summed E-state index contributed by atoms with van der Waals surface area (Å²) in [6, 6.07) is 7.87. The van der Waals surface area contributed by atoms with Gasteiger partial charge in [-0.3, -0.25) is 0 Å². The van der Waals surface area contributed by atoms with E-state index in [4.69, 9.17) is 4.74 Å². The molecule has 0 spiro atoms. The summed E-state index contributed by atoms with van der Waals surface area (Å²) in [5.74, 6) is 0.740. The van der Waals surface area contributed by atoms with Gasteiger partial charge >= 0.3 is 6.01 Å².